The van der Waals surface area contributed by atoms with E-state index in [1.54, 1.807) is 11.8 Å². The number of para-hydroxylation sites is 1. The molecule has 2 N–H and O–H groups in total. The molecule has 9 heteroatoms. The third-order valence-corrected chi connectivity index (χ3v) is 9.92. The molecular formula is C31H26N4O2S3. The van der Waals surface area contributed by atoms with E-state index >= 15 is 0 Å². The summed E-state index contributed by atoms with van der Waals surface area (Å²) in [6.45, 7) is 1.90. The molecule has 3 unspecified atom stereocenters. The fraction of sp³-hybridized carbons (Fsp3) is 0.129. The molecular weight excluding hydrogens is 557 g/mol. The Balaban J connectivity index is 1.23. The van der Waals surface area contributed by atoms with Gasteiger partial charge in [-0.3, -0.25) is 9.69 Å². The molecule has 2 heterocycles. The highest BCUT2D eigenvalue weighted by atomic mass is 32.2. The summed E-state index contributed by atoms with van der Waals surface area (Å²) in [7, 11) is 0. The number of hydrogen-bond acceptors (Lipinski definition) is 6. The minimum atomic E-state index is -0.498. The Hall–Kier alpha value is -3.79. The number of rotatable bonds is 6. The van der Waals surface area contributed by atoms with E-state index in [9.17, 15) is 9.59 Å². The first kappa shape index (κ1) is 26.4. The molecule has 1 aliphatic heterocycles. The topological polar surface area (TPSA) is 74.3 Å². The van der Waals surface area contributed by atoms with Crippen LogP contribution >= 0.6 is 34.9 Å². The van der Waals surface area contributed by atoms with Crippen LogP contribution in [0.15, 0.2) is 118 Å². The Morgan fingerprint density at radius 3 is 2.58 bits per heavy atom. The second-order valence-corrected chi connectivity index (χ2v) is 12.6. The molecule has 200 valence electrons. The fourth-order valence-corrected chi connectivity index (χ4v) is 7.71. The zero-order valence-corrected chi connectivity index (χ0v) is 24.0. The van der Waals surface area contributed by atoms with Gasteiger partial charge in [-0.05, 0) is 42.8 Å². The molecule has 0 saturated heterocycles. The highest BCUT2D eigenvalue weighted by Gasteiger charge is 2.36. The standard InChI is InChI=1S/C31H26N4O2S3/c1-20-19-38-30(32-20)34-29(36)28(21-10-3-2-4-11-21)39-23-13-9-12-22(18-23)33-31(37)35-24-14-5-7-16-26(24)40-27-17-8-6-15-25(27)35/h2-19,24,26,28H,1H3,(H,33,37)(H,32,34,36). The van der Waals surface area contributed by atoms with E-state index in [1.165, 1.54) is 23.1 Å². The second-order valence-electron chi connectivity index (χ2n) is 9.33. The van der Waals surface area contributed by atoms with Crippen molar-refractivity contribution >= 4 is 63.3 Å². The van der Waals surface area contributed by atoms with Crippen LogP contribution in [0.5, 0.6) is 0 Å². The minimum Gasteiger partial charge on any atom is -0.307 e. The molecule has 1 aliphatic carbocycles. The van der Waals surface area contributed by atoms with E-state index in [0.29, 0.717) is 10.8 Å². The molecule has 4 aromatic rings. The van der Waals surface area contributed by atoms with Gasteiger partial charge in [0.2, 0.25) is 5.91 Å². The largest absolute Gasteiger partial charge is 0.326 e. The normalized spacial score (nSPS) is 18.0. The molecule has 40 heavy (non-hydrogen) atoms. The van der Waals surface area contributed by atoms with Crippen LogP contribution in [0.2, 0.25) is 0 Å². The van der Waals surface area contributed by atoms with E-state index in [4.69, 9.17) is 0 Å². The maximum atomic E-state index is 13.7. The van der Waals surface area contributed by atoms with Gasteiger partial charge in [-0.1, -0.05) is 72.8 Å². The fourth-order valence-electron chi connectivity index (χ4n) is 4.67. The number of hydrogen-bond donors (Lipinski definition) is 2. The molecule has 3 amide bonds. The van der Waals surface area contributed by atoms with Gasteiger partial charge in [0.15, 0.2) is 5.13 Å². The predicted molar refractivity (Wildman–Crippen MR) is 167 cm³/mol. The van der Waals surface area contributed by atoms with E-state index in [1.807, 2.05) is 102 Å². The number of benzene rings is 3. The van der Waals surface area contributed by atoms with Crippen molar-refractivity contribution in [3.8, 4) is 0 Å². The summed E-state index contributed by atoms with van der Waals surface area (Å²) in [5, 5.41) is 8.22. The summed E-state index contributed by atoms with van der Waals surface area (Å²) in [4.78, 5) is 35.3. The van der Waals surface area contributed by atoms with Gasteiger partial charge in [-0.2, -0.15) is 0 Å². The van der Waals surface area contributed by atoms with Crippen LogP contribution in [0.4, 0.5) is 21.3 Å². The number of amides is 3. The third-order valence-electron chi connectivity index (χ3n) is 6.49. The lowest BCUT2D eigenvalue weighted by Crippen LogP contribution is -2.49. The number of nitrogens with zero attached hydrogens (tertiary/aromatic N) is 2. The van der Waals surface area contributed by atoms with E-state index in [0.717, 1.165) is 26.7 Å². The van der Waals surface area contributed by atoms with Crippen molar-refractivity contribution in [1.29, 1.82) is 0 Å². The lowest BCUT2D eigenvalue weighted by Gasteiger charge is -2.40. The number of carbonyl (C=O) groups excluding carboxylic acids is 2. The molecule has 3 aromatic carbocycles. The number of allylic oxidation sites excluding steroid dienone is 2. The van der Waals surface area contributed by atoms with Crippen molar-refractivity contribution in [3.63, 3.8) is 0 Å². The van der Waals surface area contributed by atoms with Crippen LogP contribution in [0.25, 0.3) is 0 Å². The summed E-state index contributed by atoms with van der Waals surface area (Å²) in [5.41, 5.74) is 3.32. The van der Waals surface area contributed by atoms with Crippen molar-refractivity contribution in [3.05, 3.63) is 120 Å². The molecule has 0 fully saturated rings. The average molecular weight is 583 g/mol. The van der Waals surface area contributed by atoms with Crippen molar-refractivity contribution in [2.45, 2.75) is 33.3 Å². The van der Waals surface area contributed by atoms with Gasteiger partial charge in [-0.15, -0.1) is 34.9 Å². The van der Waals surface area contributed by atoms with Crippen LogP contribution in [0.3, 0.4) is 0 Å². The number of aryl methyl sites for hydroxylation is 1. The Bertz CT molecular complexity index is 1600. The zero-order chi connectivity index (χ0) is 27.5. The highest BCUT2D eigenvalue weighted by molar-refractivity contribution is 8.00. The third kappa shape index (κ3) is 5.72. The van der Waals surface area contributed by atoms with Crippen LogP contribution < -0.4 is 15.5 Å². The van der Waals surface area contributed by atoms with Gasteiger partial charge >= 0.3 is 6.03 Å². The lowest BCUT2D eigenvalue weighted by atomic mass is 10.1. The number of thioether (sulfide) groups is 2. The van der Waals surface area contributed by atoms with Crippen LogP contribution in [0, 0.1) is 6.92 Å². The predicted octanol–water partition coefficient (Wildman–Crippen LogP) is 7.93. The molecule has 3 atom stereocenters. The van der Waals surface area contributed by atoms with E-state index in [-0.39, 0.29) is 23.2 Å². The van der Waals surface area contributed by atoms with Gasteiger partial charge in [0.1, 0.15) is 5.25 Å². The molecule has 0 radical (unpaired) electrons. The molecule has 0 bridgehead atoms. The summed E-state index contributed by atoms with van der Waals surface area (Å²) in [5.74, 6) is -0.148. The van der Waals surface area contributed by atoms with Gasteiger partial charge in [0.05, 0.1) is 22.7 Å². The molecule has 1 aromatic heterocycles. The number of urea groups is 1. The van der Waals surface area contributed by atoms with E-state index < -0.39 is 5.25 Å². The maximum Gasteiger partial charge on any atom is 0.326 e. The number of anilines is 3. The van der Waals surface area contributed by atoms with Crippen LogP contribution in [0.1, 0.15) is 16.5 Å². The van der Waals surface area contributed by atoms with Crippen LogP contribution in [-0.4, -0.2) is 28.2 Å². The SMILES string of the molecule is Cc1csc(NC(=O)C(Sc2cccc(NC(=O)N3c4ccccc4SC4C=CC=CC43)c2)c2ccccc2)n1. The maximum absolute atomic E-state index is 13.7. The summed E-state index contributed by atoms with van der Waals surface area (Å²) in [6.07, 6.45) is 8.25. The Morgan fingerprint density at radius 1 is 0.950 bits per heavy atom. The van der Waals surface area contributed by atoms with E-state index in [2.05, 4.69) is 33.8 Å². The van der Waals surface area contributed by atoms with Gasteiger partial charge in [-0.25, -0.2) is 9.78 Å². The number of carbonyl (C=O) groups is 2. The smallest absolute Gasteiger partial charge is 0.307 e. The molecule has 0 spiro atoms. The number of thiazole rings is 1. The quantitative estimate of drug-likeness (QED) is 0.226. The van der Waals surface area contributed by atoms with Crippen molar-refractivity contribution in [2.75, 3.05) is 15.5 Å². The van der Waals surface area contributed by atoms with Gasteiger partial charge < -0.3 is 10.6 Å². The highest BCUT2D eigenvalue weighted by Crippen LogP contribution is 2.44. The summed E-state index contributed by atoms with van der Waals surface area (Å²) < 4.78 is 0. The number of aromatic nitrogens is 1. The zero-order valence-electron chi connectivity index (χ0n) is 21.6. The lowest BCUT2D eigenvalue weighted by molar-refractivity contribution is -0.115. The Labute approximate surface area is 245 Å². The molecule has 0 saturated carbocycles. The first-order valence-electron chi connectivity index (χ1n) is 12.8. The second kappa shape index (κ2) is 11.8. The Kier molecular flexibility index (Phi) is 7.77. The molecule has 2 aliphatic rings. The first-order valence-corrected chi connectivity index (χ1v) is 15.4. The summed E-state index contributed by atoms with van der Waals surface area (Å²) in [6, 6.07) is 25.1. The van der Waals surface area contributed by atoms with Crippen molar-refractivity contribution in [2.24, 2.45) is 0 Å². The summed E-state index contributed by atoms with van der Waals surface area (Å²) >= 11 is 4.62. The first-order chi connectivity index (χ1) is 19.5. The van der Waals surface area contributed by atoms with Crippen LogP contribution in [-0.2, 0) is 4.79 Å². The number of nitrogens with one attached hydrogen (secondary N) is 2. The Morgan fingerprint density at radius 2 is 1.75 bits per heavy atom. The monoisotopic (exact) mass is 582 g/mol. The molecule has 6 rings (SSSR count). The van der Waals surface area contributed by atoms with Crippen molar-refractivity contribution in [1.82, 2.24) is 4.98 Å². The molecule has 6 nitrogen and oxygen atoms in total. The van der Waals surface area contributed by atoms with Gasteiger partial charge in [0.25, 0.3) is 0 Å². The van der Waals surface area contributed by atoms with Gasteiger partial charge in [0, 0.05) is 20.9 Å². The average Bonchev–Trinajstić information content (AvgIpc) is 3.39. The number of fused-ring (bicyclic) bond motifs is 2. The van der Waals surface area contributed by atoms with Crippen molar-refractivity contribution < 1.29 is 9.59 Å². The minimum absolute atomic E-state index is 0.0805.